The smallest absolute Gasteiger partial charge is 0.256 e. The van der Waals surface area contributed by atoms with E-state index >= 15 is 0 Å². The maximum absolute atomic E-state index is 13.7. The van der Waals surface area contributed by atoms with Crippen LogP contribution in [0, 0.1) is 5.82 Å². The van der Waals surface area contributed by atoms with Crippen molar-refractivity contribution in [3.05, 3.63) is 34.1 Å². The number of benzene rings is 1. The average Bonchev–Trinajstić information content (AvgIpc) is 2.69. The number of amides is 1. The van der Waals surface area contributed by atoms with Crippen molar-refractivity contribution in [3.8, 4) is 0 Å². The molecule has 0 aliphatic carbocycles. The Hall–Kier alpha value is -0.650. The molecule has 1 atom stereocenters. The van der Waals surface area contributed by atoms with Gasteiger partial charge in [-0.15, -0.1) is 12.4 Å². The van der Waals surface area contributed by atoms with E-state index in [1.165, 1.54) is 6.07 Å². The first kappa shape index (κ1) is 17.4. The molecule has 2 rings (SSSR count). The molecule has 0 bridgehead atoms. The van der Waals surface area contributed by atoms with Gasteiger partial charge in [0.25, 0.3) is 5.91 Å². The first-order chi connectivity index (χ1) is 9.09. The maximum Gasteiger partial charge on any atom is 0.256 e. The SMILES string of the molecule is CN(C(=O)c1cc(Br)ccc1F)C1CCCNCC1.Cl. The van der Waals surface area contributed by atoms with Crippen LogP contribution in [0.5, 0.6) is 0 Å². The van der Waals surface area contributed by atoms with Crippen LogP contribution in [0.15, 0.2) is 22.7 Å². The van der Waals surface area contributed by atoms with Crippen molar-refractivity contribution in [1.82, 2.24) is 10.2 Å². The van der Waals surface area contributed by atoms with E-state index in [1.807, 2.05) is 0 Å². The summed E-state index contributed by atoms with van der Waals surface area (Å²) in [5.74, 6) is -0.711. The number of halogens is 3. The van der Waals surface area contributed by atoms with Crippen LogP contribution in [0.4, 0.5) is 4.39 Å². The molecule has 112 valence electrons. The summed E-state index contributed by atoms with van der Waals surface area (Å²) in [5, 5.41) is 3.31. The lowest BCUT2D eigenvalue weighted by Crippen LogP contribution is -2.38. The number of hydrogen-bond acceptors (Lipinski definition) is 2. The van der Waals surface area contributed by atoms with Gasteiger partial charge in [-0.25, -0.2) is 4.39 Å². The first-order valence-corrected chi connectivity index (χ1v) is 7.32. The Kier molecular flexibility index (Phi) is 6.92. The van der Waals surface area contributed by atoms with Crippen LogP contribution < -0.4 is 5.32 Å². The molecule has 0 saturated carbocycles. The minimum absolute atomic E-state index is 0. The molecule has 1 aromatic rings. The number of hydrogen-bond donors (Lipinski definition) is 1. The third kappa shape index (κ3) is 4.17. The third-order valence-corrected chi connectivity index (χ3v) is 4.07. The van der Waals surface area contributed by atoms with Gasteiger partial charge in [0.05, 0.1) is 5.56 Å². The van der Waals surface area contributed by atoms with Crippen LogP contribution in [0.1, 0.15) is 29.6 Å². The van der Waals surface area contributed by atoms with Gasteiger partial charge in [-0.05, 0) is 50.6 Å². The van der Waals surface area contributed by atoms with Crippen molar-refractivity contribution in [1.29, 1.82) is 0 Å². The number of carbonyl (C=O) groups is 1. The van der Waals surface area contributed by atoms with Crippen molar-refractivity contribution < 1.29 is 9.18 Å². The second kappa shape index (κ2) is 7.96. The molecule has 1 amide bonds. The predicted molar refractivity (Wildman–Crippen MR) is 84.0 cm³/mol. The summed E-state index contributed by atoms with van der Waals surface area (Å²) in [6.07, 6.45) is 2.92. The highest BCUT2D eigenvalue weighted by molar-refractivity contribution is 9.10. The molecular formula is C14H19BrClFN2O. The normalized spacial score (nSPS) is 18.9. The zero-order valence-corrected chi connectivity index (χ0v) is 13.8. The second-order valence-corrected chi connectivity index (χ2v) is 5.79. The first-order valence-electron chi connectivity index (χ1n) is 6.52. The molecule has 0 aromatic heterocycles. The van der Waals surface area contributed by atoms with E-state index in [-0.39, 0.29) is 29.9 Å². The van der Waals surface area contributed by atoms with Crippen molar-refractivity contribution >= 4 is 34.2 Å². The fourth-order valence-corrected chi connectivity index (χ4v) is 2.77. The van der Waals surface area contributed by atoms with Gasteiger partial charge in [-0.1, -0.05) is 15.9 Å². The van der Waals surface area contributed by atoms with E-state index in [4.69, 9.17) is 0 Å². The van der Waals surface area contributed by atoms with E-state index in [1.54, 1.807) is 24.1 Å². The van der Waals surface area contributed by atoms with Crippen molar-refractivity contribution in [2.45, 2.75) is 25.3 Å². The van der Waals surface area contributed by atoms with Gasteiger partial charge in [0.15, 0.2) is 0 Å². The molecule has 0 radical (unpaired) electrons. The monoisotopic (exact) mass is 364 g/mol. The van der Waals surface area contributed by atoms with E-state index < -0.39 is 5.82 Å². The van der Waals surface area contributed by atoms with Crippen molar-refractivity contribution in [2.24, 2.45) is 0 Å². The zero-order chi connectivity index (χ0) is 13.8. The van der Waals surface area contributed by atoms with Crippen LogP contribution in [-0.4, -0.2) is 37.0 Å². The molecule has 20 heavy (non-hydrogen) atoms. The fourth-order valence-electron chi connectivity index (χ4n) is 2.41. The average molecular weight is 366 g/mol. The van der Waals surface area contributed by atoms with Gasteiger partial charge in [0.2, 0.25) is 0 Å². The van der Waals surface area contributed by atoms with E-state index in [0.29, 0.717) is 4.47 Å². The fraction of sp³-hybridized carbons (Fsp3) is 0.500. The quantitative estimate of drug-likeness (QED) is 0.873. The molecule has 1 aliphatic heterocycles. The summed E-state index contributed by atoms with van der Waals surface area (Å²) in [4.78, 5) is 14.1. The molecule has 0 spiro atoms. The largest absolute Gasteiger partial charge is 0.339 e. The van der Waals surface area contributed by atoms with Crippen molar-refractivity contribution in [3.63, 3.8) is 0 Å². The van der Waals surface area contributed by atoms with Crippen LogP contribution in [0.2, 0.25) is 0 Å². The minimum atomic E-state index is -0.466. The number of carbonyl (C=O) groups excluding carboxylic acids is 1. The van der Waals surface area contributed by atoms with E-state index in [9.17, 15) is 9.18 Å². The lowest BCUT2D eigenvalue weighted by atomic mass is 10.1. The van der Waals surface area contributed by atoms with E-state index in [0.717, 1.165) is 32.4 Å². The molecule has 6 heteroatoms. The maximum atomic E-state index is 13.7. The molecule has 1 aromatic carbocycles. The summed E-state index contributed by atoms with van der Waals surface area (Å²) in [5.41, 5.74) is 0.133. The van der Waals surface area contributed by atoms with Gasteiger partial charge >= 0.3 is 0 Å². The predicted octanol–water partition coefficient (Wildman–Crippen LogP) is 3.22. The highest BCUT2D eigenvalue weighted by atomic mass is 79.9. The molecule has 1 saturated heterocycles. The molecule has 1 fully saturated rings. The van der Waals surface area contributed by atoms with Gasteiger partial charge < -0.3 is 10.2 Å². The van der Waals surface area contributed by atoms with Crippen LogP contribution in [-0.2, 0) is 0 Å². The summed E-state index contributed by atoms with van der Waals surface area (Å²) in [6.45, 7) is 1.90. The van der Waals surface area contributed by atoms with Gasteiger partial charge in [-0.2, -0.15) is 0 Å². The van der Waals surface area contributed by atoms with Gasteiger partial charge in [-0.3, -0.25) is 4.79 Å². The van der Waals surface area contributed by atoms with E-state index in [2.05, 4.69) is 21.2 Å². The summed E-state index contributed by atoms with van der Waals surface area (Å²) in [7, 11) is 1.76. The number of rotatable bonds is 2. The molecule has 1 N–H and O–H groups in total. The lowest BCUT2D eigenvalue weighted by Gasteiger charge is -2.27. The third-order valence-electron chi connectivity index (χ3n) is 3.57. The summed E-state index contributed by atoms with van der Waals surface area (Å²) >= 11 is 3.27. The van der Waals surface area contributed by atoms with Gasteiger partial charge in [0.1, 0.15) is 5.82 Å². The molecule has 1 heterocycles. The van der Waals surface area contributed by atoms with Crippen LogP contribution >= 0.6 is 28.3 Å². The van der Waals surface area contributed by atoms with Crippen molar-refractivity contribution in [2.75, 3.05) is 20.1 Å². The summed E-state index contributed by atoms with van der Waals surface area (Å²) in [6, 6.07) is 4.64. The number of nitrogens with zero attached hydrogens (tertiary/aromatic N) is 1. The van der Waals surface area contributed by atoms with Crippen LogP contribution in [0.3, 0.4) is 0 Å². The Balaban J connectivity index is 0.00000200. The standard InChI is InChI=1S/C14H18BrFN2O.ClH/c1-18(11-3-2-7-17-8-6-11)14(19)12-9-10(15)4-5-13(12)16;/h4-5,9,11,17H,2-3,6-8H2,1H3;1H. The topological polar surface area (TPSA) is 32.3 Å². The van der Waals surface area contributed by atoms with Gasteiger partial charge in [0, 0.05) is 17.6 Å². The highest BCUT2D eigenvalue weighted by Gasteiger charge is 2.24. The van der Waals surface area contributed by atoms with Crippen LogP contribution in [0.25, 0.3) is 0 Å². The molecule has 1 aliphatic rings. The minimum Gasteiger partial charge on any atom is -0.339 e. The zero-order valence-electron chi connectivity index (χ0n) is 11.4. The number of nitrogens with one attached hydrogen (secondary N) is 1. The molecule has 1 unspecified atom stereocenters. The highest BCUT2D eigenvalue weighted by Crippen LogP contribution is 2.20. The Morgan fingerprint density at radius 2 is 2.15 bits per heavy atom. The molecule has 3 nitrogen and oxygen atoms in total. The summed E-state index contributed by atoms with van der Waals surface area (Å²) < 4.78 is 14.5. The second-order valence-electron chi connectivity index (χ2n) is 4.87. The Morgan fingerprint density at radius 1 is 1.40 bits per heavy atom. The Labute approximate surface area is 133 Å². The lowest BCUT2D eigenvalue weighted by molar-refractivity contribution is 0.0715. The molecular weight excluding hydrogens is 347 g/mol. The Morgan fingerprint density at radius 3 is 2.90 bits per heavy atom. The Bertz CT molecular complexity index is 464.